The van der Waals surface area contributed by atoms with Gasteiger partial charge in [0.05, 0.1) is 12.6 Å². The molecular formula is C12H14BrFN2O2. The lowest BCUT2D eigenvalue weighted by atomic mass is 10.2. The van der Waals surface area contributed by atoms with Crippen LogP contribution in [-0.2, 0) is 0 Å². The van der Waals surface area contributed by atoms with Crippen molar-refractivity contribution in [1.29, 1.82) is 0 Å². The fourth-order valence-electron chi connectivity index (χ4n) is 2.11. The summed E-state index contributed by atoms with van der Waals surface area (Å²) in [5, 5.41) is 11.8. The van der Waals surface area contributed by atoms with Crippen molar-refractivity contribution in [2.45, 2.75) is 18.9 Å². The molecule has 4 nitrogen and oxygen atoms in total. The smallest absolute Gasteiger partial charge is 0.322 e. The molecule has 6 heteroatoms. The highest BCUT2D eigenvalue weighted by Gasteiger charge is 2.28. The van der Waals surface area contributed by atoms with Gasteiger partial charge < -0.3 is 15.3 Å². The Morgan fingerprint density at radius 1 is 1.56 bits per heavy atom. The monoisotopic (exact) mass is 316 g/mol. The molecule has 1 saturated heterocycles. The Kier molecular flexibility index (Phi) is 4.19. The summed E-state index contributed by atoms with van der Waals surface area (Å²) in [6.07, 6.45) is 1.68. The number of nitrogens with zero attached hydrogens (tertiary/aromatic N) is 1. The average Bonchev–Trinajstić information content (AvgIpc) is 2.75. The normalized spacial score (nSPS) is 19.1. The van der Waals surface area contributed by atoms with Crippen LogP contribution >= 0.6 is 15.9 Å². The molecule has 1 aromatic rings. The van der Waals surface area contributed by atoms with E-state index in [1.54, 1.807) is 11.0 Å². The number of urea groups is 1. The Hall–Kier alpha value is -1.14. The molecule has 1 heterocycles. The fraction of sp³-hybridized carbons (Fsp3) is 0.417. The number of likely N-dealkylation sites (tertiary alicyclic amines) is 1. The molecule has 0 saturated carbocycles. The summed E-state index contributed by atoms with van der Waals surface area (Å²) in [4.78, 5) is 13.6. The van der Waals surface area contributed by atoms with Crippen molar-refractivity contribution in [2.75, 3.05) is 18.5 Å². The van der Waals surface area contributed by atoms with E-state index in [1.165, 1.54) is 12.1 Å². The molecule has 1 aliphatic rings. The SMILES string of the molecule is O=C(Nc1cc(F)cc(Br)c1)N1CCCC1CO. The minimum atomic E-state index is -0.417. The number of aliphatic hydroxyl groups excluding tert-OH is 1. The molecule has 1 aliphatic heterocycles. The largest absolute Gasteiger partial charge is 0.394 e. The van der Waals surface area contributed by atoms with Gasteiger partial charge in [0.15, 0.2) is 0 Å². The van der Waals surface area contributed by atoms with Crippen LogP contribution in [0.2, 0.25) is 0 Å². The number of hydrogen-bond acceptors (Lipinski definition) is 2. The van der Waals surface area contributed by atoms with Crippen molar-refractivity contribution in [3.63, 3.8) is 0 Å². The third-order valence-electron chi connectivity index (χ3n) is 2.96. The quantitative estimate of drug-likeness (QED) is 0.881. The number of rotatable bonds is 2. The molecule has 0 radical (unpaired) electrons. The van der Waals surface area contributed by atoms with E-state index in [9.17, 15) is 9.18 Å². The minimum Gasteiger partial charge on any atom is -0.394 e. The van der Waals surface area contributed by atoms with Crippen molar-refractivity contribution in [3.05, 3.63) is 28.5 Å². The van der Waals surface area contributed by atoms with Crippen LogP contribution in [0, 0.1) is 5.82 Å². The number of aliphatic hydroxyl groups is 1. The number of anilines is 1. The zero-order valence-corrected chi connectivity index (χ0v) is 11.3. The highest BCUT2D eigenvalue weighted by atomic mass is 79.9. The van der Waals surface area contributed by atoms with Gasteiger partial charge in [-0.2, -0.15) is 0 Å². The number of carbonyl (C=O) groups is 1. The van der Waals surface area contributed by atoms with E-state index in [-0.39, 0.29) is 18.7 Å². The van der Waals surface area contributed by atoms with Gasteiger partial charge in [-0.3, -0.25) is 0 Å². The van der Waals surface area contributed by atoms with Crippen molar-refractivity contribution >= 4 is 27.6 Å². The minimum absolute atomic E-state index is 0.0414. The van der Waals surface area contributed by atoms with Gasteiger partial charge in [0.2, 0.25) is 0 Å². The van der Waals surface area contributed by atoms with Gasteiger partial charge in [-0.1, -0.05) is 15.9 Å². The Morgan fingerprint density at radius 2 is 2.33 bits per heavy atom. The molecular weight excluding hydrogens is 303 g/mol. The summed E-state index contributed by atoms with van der Waals surface area (Å²) in [6, 6.07) is 3.77. The molecule has 98 valence electrons. The van der Waals surface area contributed by atoms with Crippen LogP contribution < -0.4 is 5.32 Å². The Bertz CT molecular complexity index is 435. The van der Waals surface area contributed by atoms with E-state index < -0.39 is 5.82 Å². The van der Waals surface area contributed by atoms with E-state index in [4.69, 9.17) is 5.11 Å². The third-order valence-corrected chi connectivity index (χ3v) is 3.42. The van der Waals surface area contributed by atoms with Crippen LogP contribution in [-0.4, -0.2) is 35.2 Å². The molecule has 1 atom stereocenters. The zero-order chi connectivity index (χ0) is 13.1. The predicted octanol–water partition coefficient (Wildman–Crippen LogP) is 2.58. The second-order valence-corrected chi connectivity index (χ2v) is 5.18. The van der Waals surface area contributed by atoms with Crippen molar-refractivity contribution in [3.8, 4) is 0 Å². The average molecular weight is 317 g/mol. The lowest BCUT2D eigenvalue weighted by Gasteiger charge is -2.23. The van der Waals surface area contributed by atoms with Crippen LogP contribution in [0.4, 0.5) is 14.9 Å². The summed E-state index contributed by atoms with van der Waals surface area (Å²) in [6.45, 7) is 0.577. The number of carbonyl (C=O) groups excluding carboxylic acids is 1. The van der Waals surface area contributed by atoms with Gasteiger partial charge >= 0.3 is 6.03 Å². The topological polar surface area (TPSA) is 52.6 Å². The molecule has 2 rings (SSSR count). The highest BCUT2D eigenvalue weighted by Crippen LogP contribution is 2.21. The van der Waals surface area contributed by atoms with Crippen molar-refractivity contribution in [2.24, 2.45) is 0 Å². The molecule has 2 N–H and O–H groups in total. The molecule has 0 aromatic heterocycles. The standard InChI is InChI=1S/C12H14BrFN2O2/c13-8-4-9(14)6-10(5-8)15-12(18)16-3-1-2-11(16)7-17/h4-6,11,17H,1-3,7H2,(H,15,18). The first kappa shape index (κ1) is 13.3. The Labute approximate surface area is 113 Å². The zero-order valence-electron chi connectivity index (χ0n) is 9.70. The molecule has 0 bridgehead atoms. The first-order valence-electron chi connectivity index (χ1n) is 5.74. The van der Waals surface area contributed by atoms with E-state index in [0.717, 1.165) is 12.8 Å². The van der Waals surface area contributed by atoms with E-state index in [1.807, 2.05) is 0 Å². The number of amides is 2. The maximum Gasteiger partial charge on any atom is 0.322 e. The second kappa shape index (κ2) is 5.67. The summed E-state index contributed by atoms with van der Waals surface area (Å²) >= 11 is 3.17. The number of hydrogen-bond donors (Lipinski definition) is 2. The van der Waals surface area contributed by atoms with Crippen molar-refractivity contribution in [1.82, 2.24) is 4.90 Å². The van der Waals surface area contributed by atoms with Gasteiger partial charge in [-0.15, -0.1) is 0 Å². The van der Waals surface area contributed by atoms with Crippen LogP contribution in [0.3, 0.4) is 0 Å². The number of halogens is 2. The summed E-state index contributed by atoms with van der Waals surface area (Å²) in [5.74, 6) is -0.417. The summed E-state index contributed by atoms with van der Waals surface area (Å²) < 4.78 is 13.7. The summed E-state index contributed by atoms with van der Waals surface area (Å²) in [5.41, 5.74) is 0.399. The maximum atomic E-state index is 13.2. The second-order valence-electron chi connectivity index (χ2n) is 4.26. The first-order valence-corrected chi connectivity index (χ1v) is 6.54. The lowest BCUT2D eigenvalue weighted by Crippen LogP contribution is -2.40. The van der Waals surface area contributed by atoms with Gasteiger partial charge in [0.25, 0.3) is 0 Å². The molecule has 1 aromatic carbocycles. The molecule has 1 unspecified atom stereocenters. The van der Waals surface area contributed by atoms with Gasteiger partial charge in [0, 0.05) is 16.7 Å². The third kappa shape index (κ3) is 3.00. The molecule has 2 amide bonds. The summed E-state index contributed by atoms with van der Waals surface area (Å²) in [7, 11) is 0. The van der Waals surface area contributed by atoms with Crippen molar-refractivity contribution < 1.29 is 14.3 Å². The fourth-order valence-corrected chi connectivity index (χ4v) is 2.58. The van der Waals surface area contributed by atoms with E-state index >= 15 is 0 Å². The van der Waals surface area contributed by atoms with Crippen LogP contribution in [0.5, 0.6) is 0 Å². The van der Waals surface area contributed by atoms with E-state index in [0.29, 0.717) is 16.7 Å². The first-order chi connectivity index (χ1) is 8.60. The van der Waals surface area contributed by atoms with Gasteiger partial charge in [0.1, 0.15) is 5.82 Å². The van der Waals surface area contributed by atoms with Gasteiger partial charge in [-0.05, 0) is 31.0 Å². The Balaban J connectivity index is 2.06. The molecule has 0 aliphatic carbocycles. The van der Waals surface area contributed by atoms with Crippen LogP contribution in [0.1, 0.15) is 12.8 Å². The maximum absolute atomic E-state index is 13.2. The number of nitrogens with one attached hydrogen (secondary N) is 1. The Morgan fingerprint density at radius 3 is 3.00 bits per heavy atom. The predicted molar refractivity (Wildman–Crippen MR) is 69.9 cm³/mol. The molecule has 1 fully saturated rings. The van der Waals surface area contributed by atoms with Gasteiger partial charge in [-0.25, -0.2) is 9.18 Å². The number of benzene rings is 1. The lowest BCUT2D eigenvalue weighted by molar-refractivity contribution is 0.166. The van der Waals surface area contributed by atoms with Crippen LogP contribution in [0.25, 0.3) is 0 Å². The highest BCUT2D eigenvalue weighted by molar-refractivity contribution is 9.10. The van der Waals surface area contributed by atoms with Crippen LogP contribution in [0.15, 0.2) is 22.7 Å². The molecule has 0 spiro atoms. The molecule has 18 heavy (non-hydrogen) atoms. The van der Waals surface area contributed by atoms with E-state index in [2.05, 4.69) is 21.2 Å².